The molecule has 0 radical (unpaired) electrons. The molecule has 0 fully saturated rings. The lowest BCUT2D eigenvalue weighted by molar-refractivity contribution is 0.101. The summed E-state index contributed by atoms with van der Waals surface area (Å²) in [5.41, 5.74) is 2.11. The van der Waals surface area contributed by atoms with E-state index in [9.17, 15) is 13.2 Å². The van der Waals surface area contributed by atoms with Crippen molar-refractivity contribution in [3.63, 3.8) is 0 Å². The SMILES string of the molecule is CC(=O)c1cccc(S(=O)(=O)NCc2cc3ccccc3[nH]2)c1. The second-order valence-electron chi connectivity index (χ2n) is 5.29. The summed E-state index contributed by atoms with van der Waals surface area (Å²) in [5, 5.41) is 1.03. The van der Waals surface area contributed by atoms with Crippen LogP contribution in [0, 0.1) is 0 Å². The van der Waals surface area contributed by atoms with Crippen molar-refractivity contribution in [1.29, 1.82) is 0 Å². The summed E-state index contributed by atoms with van der Waals surface area (Å²) < 4.78 is 27.3. The van der Waals surface area contributed by atoms with E-state index < -0.39 is 10.0 Å². The lowest BCUT2D eigenvalue weighted by Crippen LogP contribution is -2.23. The third-order valence-electron chi connectivity index (χ3n) is 3.59. The van der Waals surface area contributed by atoms with E-state index in [2.05, 4.69) is 9.71 Å². The summed E-state index contributed by atoms with van der Waals surface area (Å²) >= 11 is 0. The van der Waals surface area contributed by atoms with Crippen molar-refractivity contribution >= 4 is 26.7 Å². The number of benzene rings is 2. The highest BCUT2D eigenvalue weighted by atomic mass is 32.2. The number of nitrogens with one attached hydrogen (secondary N) is 2. The van der Waals surface area contributed by atoms with Crippen molar-refractivity contribution in [2.45, 2.75) is 18.4 Å². The minimum Gasteiger partial charge on any atom is -0.357 e. The molecule has 1 aromatic heterocycles. The van der Waals surface area contributed by atoms with E-state index in [0.29, 0.717) is 5.56 Å². The number of sulfonamides is 1. The van der Waals surface area contributed by atoms with Gasteiger partial charge in [0.15, 0.2) is 5.78 Å². The van der Waals surface area contributed by atoms with Crippen LogP contribution in [0.1, 0.15) is 23.0 Å². The molecule has 3 aromatic rings. The molecule has 0 atom stereocenters. The number of hydrogen-bond acceptors (Lipinski definition) is 3. The third-order valence-corrected chi connectivity index (χ3v) is 4.99. The van der Waals surface area contributed by atoms with Crippen LogP contribution in [0.2, 0.25) is 0 Å². The lowest BCUT2D eigenvalue weighted by atomic mass is 10.2. The molecular formula is C17H16N2O3S. The number of aromatic nitrogens is 1. The van der Waals surface area contributed by atoms with E-state index in [1.54, 1.807) is 12.1 Å². The minimum absolute atomic E-state index is 0.0845. The van der Waals surface area contributed by atoms with Gasteiger partial charge in [-0.3, -0.25) is 4.79 Å². The maximum absolute atomic E-state index is 12.4. The van der Waals surface area contributed by atoms with Gasteiger partial charge in [0.2, 0.25) is 10.0 Å². The molecule has 23 heavy (non-hydrogen) atoms. The topological polar surface area (TPSA) is 79.0 Å². The van der Waals surface area contributed by atoms with E-state index in [4.69, 9.17) is 0 Å². The predicted octanol–water partition coefficient (Wildman–Crippen LogP) is 2.85. The van der Waals surface area contributed by atoms with Gasteiger partial charge in [0.05, 0.1) is 11.4 Å². The Morgan fingerprint density at radius 1 is 1.09 bits per heavy atom. The number of rotatable bonds is 5. The number of H-pyrrole nitrogens is 1. The first-order valence-electron chi connectivity index (χ1n) is 7.13. The zero-order valence-electron chi connectivity index (χ0n) is 12.5. The van der Waals surface area contributed by atoms with Crippen LogP contribution in [0.15, 0.2) is 59.5 Å². The number of ketones is 1. The smallest absolute Gasteiger partial charge is 0.240 e. The Hall–Kier alpha value is -2.44. The fourth-order valence-corrected chi connectivity index (χ4v) is 3.42. The first-order valence-corrected chi connectivity index (χ1v) is 8.61. The van der Waals surface area contributed by atoms with Crippen LogP contribution in [0.25, 0.3) is 10.9 Å². The molecule has 0 amide bonds. The molecule has 6 heteroatoms. The Morgan fingerprint density at radius 2 is 1.87 bits per heavy atom. The average molecular weight is 328 g/mol. The van der Waals surface area contributed by atoms with Gasteiger partial charge in [-0.05, 0) is 36.6 Å². The molecule has 118 valence electrons. The molecule has 0 saturated heterocycles. The largest absolute Gasteiger partial charge is 0.357 e. The van der Waals surface area contributed by atoms with Crippen LogP contribution in [0.3, 0.4) is 0 Å². The van der Waals surface area contributed by atoms with Gasteiger partial charge in [0, 0.05) is 16.8 Å². The normalized spacial score (nSPS) is 11.7. The highest BCUT2D eigenvalue weighted by Crippen LogP contribution is 2.16. The summed E-state index contributed by atoms with van der Waals surface area (Å²) in [7, 11) is -3.67. The van der Waals surface area contributed by atoms with Crippen molar-refractivity contribution in [2.24, 2.45) is 0 Å². The van der Waals surface area contributed by atoms with E-state index in [-0.39, 0.29) is 17.2 Å². The maximum atomic E-state index is 12.4. The fraction of sp³-hybridized carbons (Fsp3) is 0.118. The van der Waals surface area contributed by atoms with Crippen LogP contribution in [0.4, 0.5) is 0 Å². The van der Waals surface area contributed by atoms with Gasteiger partial charge in [-0.15, -0.1) is 0 Å². The fourth-order valence-electron chi connectivity index (χ4n) is 2.37. The number of Topliss-reactive ketones (excluding diaryl/α,β-unsaturated/α-hetero) is 1. The summed E-state index contributed by atoms with van der Waals surface area (Å²) in [6, 6.07) is 15.7. The molecule has 0 spiro atoms. The van der Waals surface area contributed by atoms with E-state index in [1.165, 1.54) is 19.1 Å². The molecule has 1 heterocycles. The summed E-state index contributed by atoms with van der Waals surface area (Å²) in [6.07, 6.45) is 0. The number of para-hydroxylation sites is 1. The molecule has 0 saturated carbocycles. The zero-order valence-corrected chi connectivity index (χ0v) is 13.4. The van der Waals surface area contributed by atoms with E-state index >= 15 is 0 Å². The molecule has 2 N–H and O–H groups in total. The van der Waals surface area contributed by atoms with Crippen molar-refractivity contribution in [3.05, 3.63) is 65.9 Å². The molecule has 2 aromatic carbocycles. The quantitative estimate of drug-likeness (QED) is 0.707. The molecular weight excluding hydrogens is 312 g/mol. The van der Waals surface area contributed by atoms with Crippen LogP contribution in [-0.4, -0.2) is 19.2 Å². The van der Waals surface area contributed by atoms with Crippen LogP contribution >= 0.6 is 0 Å². The second kappa shape index (κ2) is 5.98. The van der Waals surface area contributed by atoms with Crippen LogP contribution in [-0.2, 0) is 16.6 Å². The Morgan fingerprint density at radius 3 is 2.61 bits per heavy atom. The predicted molar refractivity (Wildman–Crippen MR) is 88.8 cm³/mol. The molecule has 0 unspecified atom stereocenters. The minimum atomic E-state index is -3.67. The number of carbonyl (C=O) groups excluding carboxylic acids is 1. The van der Waals surface area contributed by atoms with E-state index in [0.717, 1.165) is 16.6 Å². The lowest BCUT2D eigenvalue weighted by Gasteiger charge is -2.06. The van der Waals surface area contributed by atoms with Crippen molar-refractivity contribution in [2.75, 3.05) is 0 Å². The summed E-state index contributed by atoms with van der Waals surface area (Å²) in [6.45, 7) is 1.56. The van der Waals surface area contributed by atoms with Gasteiger partial charge in [0.1, 0.15) is 0 Å². The number of fused-ring (bicyclic) bond motifs is 1. The van der Waals surface area contributed by atoms with Crippen LogP contribution < -0.4 is 4.72 Å². The number of hydrogen-bond donors (Lipinski definition) is 2. The second-order valence-corrected chi connectivity index (χ2v) is 7.06. The highest BCUT2D eigenvalue weighted by Gasteiger charge is 2.15. The maximum Gasteiger partial charge on any atom is 0.240 e. The Bertz CT molecular complexity index is 941. The molecule has 0 bridgehead atoms. The molecule has 5 nitrogen and oxygen atoms in total. The van der Waals surface area contributed by atoms with Gasteiger partial charge in [-0.1, -0.05) is 30.3 Å². The Labute approximate surface area is 134 Å². The number of aromatic amines is 1. The van der Waals surface area contributed by atoms with E-state index in [1.807, 2.05) is 30.3 Å². The van der Waals surface area contributed by atoms with Gasteiger partial charge in [-0.25, -0.2) is 13.1 Å². The summed E-state index contributed by atoms with van der Waals surface area (Å²) in [5.74, 6) is -0.169. The standard InChI is InChI=1S/C17H16N2O3S/c1-12(20)13-6-4-7-16(10-13)23(21,22)18-11-15-9-14-5-2-3-8-17(14)19-15/h2-10,18-19H,11H2,1H3. The van der Waals surface area contributed by atoms with Gasteiger partial charge < -0.3 is 4.98 Å². The average Bonchev–Trinajstić information content (AvgIpc) is 2.96. The summed E-state index contributed by atoms with van der Waals surface area (Å²) in [4.78, 5) is 14.6. The molecule has 0 aliphatic rings. The monoisotopic (exact) mass is 328 g/mol. The molecule has 3 rings (SSSR count). The van der Waals surface area contributed by atoms with Gasteiger partial charge in [0.25, 0.3) is 0 Å². The zero-order chi connectivity index (χ0) is 16.4. The molecule has 0 aliphatic carbocycles. The number of carbonyl (C=O) groups is 1. The van der Waals surface area contributed by atoms with Gasteiger partial charge in [-0.2, -0.15) is 0 Å². The van der Waals surface area contributed by atoms with Gasteiger partial charge >= 0.3 is 0 Å². The Kier molecular flexibility index (Phi) is 4.02. The first-order chi connectivity index (χ1) is 11.0. The first kappa shape index (κ1) is 15.5. The van der Waals surface area contributed by atoms with Crippen LogP contribution in [0.5, 0.6) is 0 Å². The molecule has 0 aliphatic heterocycles. The van der Waals surface area contributed by atoms with Crippen molar-refractivity contribution < 1.29 is 13.2 Å². The highest BCUT2D eigenvalue weighted by molar-refractivity contribution is 7.89. The van der Waals surface area contributed by atoms with Crippen molar-refractivity contribution in [1.82, 2.24) is 9.71 Å². The third kappa shape index (κ3) is 3.33. The van der Waals surface area contributed by atoms with Crippen molar-refractivity contribution in [3.8, 4) is 0 Å². The Balaban J connectivity index is 1.81.